The predicted molar refractivity (Wildman–Crippen MR) is 66.7 cm³/mol. The van der Waals surface area contributed by atoms with Gasteiger partial charge in [-0.2, -0.15) is 0 Å². The maximum atomic E-state index is 11.3. The highest BCUT2D eigenvalue weighted by Gasteiger charge is 1.98. The Morgan fingerprint density at radius 1 is 1.59 bits per heavy atom. The Hall–Kier alpha value is -1.81. The number of ether oxygens (including phenoxy) is 1. The first-order valence-corrected chi connectivity index (χ1v) is 5.40. The number of benzene rings is 1. The van der Waals surface area contributed by atoms with Gasteiger partial charge in [-0.1, -0.05) is 12.1 Å². The Labute approximate surface area is 101 Å². The number of carbonyl (C=O) groups excluding carboxylic acids is 1. The Bertz CT molecular complexity index is 399. The molecule has 0 aliphatic heterocycles. The summed E-state index contributed by atoms with van der Waals surface area (Å²) in [7, 11) is 1.60. The molecule has 1 aromatic rings. The predicted octanol–water partition coefficient (Wildman–Crippen LogP) is 1.21. The molecule has 4 heteroatoms. The average molecular weight is 235 g/mol. The van der Waals surface area contributed by atoms with E-state index in [0.717, 1.165) is 11.3 Å². The van der Waals surface area contributed by atoms with Crippen molar-refractivity contribution in [2.75, 3.05) is 13.7 Å². The summed E-state index contributed by atoms with van der Waals surface area (Å²) < 4.78 is 5.07. The Balaban J connectivity index is 2.54. The van der Waals surface area contributed by atoms with E-state index in [9.17, 15) is 4.79 Å². The summed E-state index contributed by atoms with van der Waals surface area (Å²) in [5.74, 6) is 0.519. The molecule has 0 aliphatic rings. The lowest BCUT2D eigenvalue weighted by atomic mass is 10.2. The zero-order chi connectivity index (χ0) is 12.7. The van der Waals surface area contributed by atoms with Gasteiger partial charge in [0.05, 0.1) is 13.2 Å². The van der Waals surface area contributed by atoms with Gasteiger partial charge >= 0.3 is 0 Å². The van der Waals surface area contributed by atoms with Crippen LogP contribution in [-0.2, 0) is 4.79 Å². The molecule has 0 saturated heterocycles. The number of aliphatic hydroxyl groups is 1. The normalized spacial score (nSPS) is 12.4. The van der Waals surface area contributed by atoms with Crippen LogP contribution < -0.4 is 10.1 Å². The van der Waals surface area contributed by atoms with Crippen molar-refractivity contribution >= 4 is 12.0 Å². The topological polar surface area (TPSA) is 58.6 Å². The van der Waals surface area contributed by atoms with Gasteiger partial charge in [-0.05, 0) is 30.7 Å². The van der Waals surface area contributed by atoms with E-state index >= 15 is 0 Å². The fraction of sp³-hybridized carbons (Fsp3) is 0.308. The van der Waals surface area contributed by atoms with Gasteiger partial charge < -0.3 is 15.2 Å². The van der Waals surface area contributed by atoms with Crippen LogP contribution in [0.2, 0.25) is 0 Å². The van der Waals surface area contributed by atoms with Crippen LogP contribution in [0.15, 0.2) is 30.3 Å². The number of hydrogen-bond acceptors (Lipinski definition) is 3. The first-order valence-electron chi connectivity index (χ1n) is 5.40. The second-order valence-electron chi connectivity index (χ2n) is 3.70. The molecule has 0 saturated carbocycles. The lowest BCUT2D eigenvalue weighted by molar-refractivity contribution is -0.116. The van der Waals surface area contributed by atoms with Crippen LogP contribution in [0.4, 0.5) is 0 Å². The monoisotopic (exact) mass is 235 g/mol. The molecule has 1 unspecified atom stereocenters. The minimum atomic E-state index is -0.538. The second kappa shape index (κ2) is 6.70. The number of carbonyl (C=O) groups is 1. The van der Waals surface area contributed by atoms with Crippen LogP contribution in [-0.4, -0.2) is 30.8 Å². The molecule has 0 spiro atoms. The van der Waals surface area contributed by atoms with Gasteiger partial charge in [-0.3, -0.25) is 4.79 Å². The highest BCUT2D eigenvalue weighted by molar-refractivity contribution is 5.91. The van der Waals surface area contributed by atoms with E-state index in [1.165, 1.54) is 6.08 Å². The number of hydrogen-bond donors (Lipinski definition) is 2. The molecule has 0 bridgehead atoms. The molecule has 0 aromatic heterocycles. The number of nitrogens with one attached hydrogen (secondary N) is 1. The van der Waals surface area contributed by atoms with E-state index < -0.39 is 6.10 Å². The van der Waals surface area contributed by atoms with Crippen molar-refractivity contribution in [2.24, 2.45) is 0 Å². The largest absolute Gasteiger partial charge is 0.497 e. The SMILES string of the molecule is COc1cccc(/C=C/C(=O)NCC(C)O)c1. The molecule has 0 radical (unpaired) electrons. The smallest absolute Gasteiger partial charge is 0.244 e. The minimum Gasteiger partial charge on any atom is -0.497 e. The second-order valence-corrected chi connectivity index (χ2v) is 3.70. The molecule has 1 rings (SSSR count). The van der Waals surface area contributed by atoms with Crippen LogP contribution in [0.5, 0.6) is 5.75 Å². The van der Waals surface area contributed by atoms with Gasteiger partial charge in [0.15, 0.2) is 0 Å². The molecule has 1 atom stereocenters. The van der Waals surface area contributed by atoms with Crippen LogP contribution in [0.1, 0.15) is 12.5 Å². The molecular formula is C13H17NO3. The average Bonchev–Trinajstić information content (AvgIpc) is 2.34. The molecule has 92 valence electrons. The van der Waals surface area contributed by atoms with Crippen molar-refractivity contribution < 1.29 is 14.6 Å². The Morgan fingerprint density at radius 2 is 2.35 bits per heavy atom. The summed E-state index contributed by atoms with van der Waals surface area (Å²) in [4.78, 5) is 11.3. The van der Waals surface area contributed by atoms with Gasteiger partial charge in [-0.25, -0.2) is 0 Å². The highest BCUT2D eigenvalue weighted by Crippen LogP contribution is 2.13. The van der Waals surface area contributed by atoms with Gasteiger partial charge in [-0.15, -0.1) is 0 Å². The Morgan fingerprint density at radius 3 is 3.00 bits per heavy atom. The van der Waals surface area contributed by atoms with Crippen molar-refractivity contribution in [1.82, 2.24) is 5.32 Å². The van der Waals surface area contributed by atoms with Crippen molar-refractivity contribution in [3.05, 3.63) is 35.9 Å². The number of amides is 1. The molecule has 4 nitrogen and oxygen atoms in total. The fourth-order valence-electron chi connectivity index (χ4n) is 1.22. The lowest BCUT2D eigenvalue weighted by Gasteiger charge is -2.04. The van der Waals surface area contributed by atoms with E-state index in [2.05, 4.69) is 5.32 Å². The number of rotatable bonds is 5. The number of methoxy groups -OCH3 is 1. The molecule has 0 aliphatic carbocycles. The first kappa shape index (κ1) is 13.3. The van der Waals surface area contributed by atoms with Crippen LogP contribution in [0, 0.1) is 0 Å². The molecule has 2 N–H and O–H groups in total. The zero-order valence-corrected chi connectivity index (χ0v) is 10.0. The van der Waals surface area contributed by atoms with E-state index in [0.29, 0.717) is 0 Å². The van der Waals surface area contributed by atoms with Gasteiger partial charge in [0.2, 0.25) is 5.91 Å². The quantitative estimate of drug-likeness (QED) is 0.754. The van der Waals surface area contributed by atoms with Gasteiger partial charge in [0, 0.05) is 12.6 Å². The summed E-state index contributed by atoms with van der Waals surface area (Å²) >= 11 is 0. The zero-order valence-electron chi connectivity index (χ0n) is 10.0. The van der Waals surface area contributed by atoms with Crippen molar-refractivity contribution in [2.45, 2.75) is 13.0 Å². The van der Waals surface area contributed by atoms with Crippen molar-refractivity contribution in [3.63, 3.8) is 0 Å². The molecule has 0 heterocycles. The van der Waals surface area contributed by atoms with E-state index in [1.54, 1.807) is 20.1 Å². The lowest BCUT2D eigenvalue weighted by Crippen LogP contribution is -2.28. The van der Waals surface area contributed by atoms with Gasteiger partial charge in [0.1, 0.15) is 5.75 Å². The van der Waals surface area contributed by atoms with E-state index in [1.807, 2.05) is 24.3 Å². The van der Waals surface area contributed by atoms with E-state index in [-0.39, 0.29) is 12.5 Å². The van der Waals surface area contributed by atoms with Crippen LogP contribution in [0.25, 0.3) is 6.08 Å². The van der Waals surface area contributed by atoms with Crippen molar-refractivity contribution in [3.8, 4) is 5.75 Å². The fourth-order valence-corrected chi connectivity index (χ4v) is 1.22. The summed E-state index contributed by atoms with van der Waals surface area (Å²) in [5.41, 5.74) is 0.886. The summed E-state index contributed by atoms with van der Waals surface area (Å²) in [6.07, 6.45) is 2.58. The molecule has 0 fully saturated rings. The third-order valence-corrected chi connectivity index (χ3v) is 2.09. The van der Waals surface area contributed by atoms with Crippen LogP contribution >= 0.6 is 0 Å². The molecule has 1 amide bonds. The third kappa shape index (κ3) is 5.17. The van der Waals surface area contributed by atoms with E-state index in [4.69, 9.17) is 9.84 Å². The van der Waals surface area contributed by atoms with Crippen molar-refractivity contribution in [1.29, 1.82) is 0 Å². The third-order valence-electron chi connectivity index (χ3n) is 2.09. The standard InChI is InChI=1S/C13H17NO3/c1-10(15)9-14-13(16)7-6-11-4-3-5-12(8-11)17-2/h3-8,10,15H,9H2,1-2H3,(H,14,16)/b7-6+. The summed E-state index contributed by atoms with van der Waals surface area (Å²) in [6.45, 7) is 1.87. The highest BCUT2D eigenvalue weighted by atomic mass is 16.5. The van der Waals surface area contributed by atoms with Crippen LogP contribution in [0.3, 0.4) is 0 Å². The molecular weight excluding hydrogens is 218 g/mol. The summed E-state index contributed by atoms with van der Waals surface area (Å²) in [5, 5.41) is 11.6. The molecule has 1 aromatic carbocycles. The minimum absolute atomic E-state index is 0.228. The molecule has 17 heavy (non-hydrogen) atoms. The first-order chi connectivity index (χ1) is 8.11. The number of aliphatic hydroxyl groups excluding tert-OH is 1. The van der Waals surface area contributed by atoms with Gasteiger partial charge in [0.25, 0.3) is 0 Å². The summed E-state index contributed by atoms with van der Waals surface area (Å²) in [6, 6.07) is 7.40. The maximum Gasteiger partial charge on any atom is 0.244 e. The maximum absolute atomic E-state index is 11.3. The Kier molecular flexibility index (Phi) is 5.23.